The quantitative estimate of drug-likeness (QED) is 0.419. The van der Waals surface area contributed by atoms with Gasteiger partial charge in [0.1, 0.15) is 0 Å². The van der Waals surface area contributed by atoms with Crippen LogP contribution in [0.3, 0.4) is 0 Å². The smallest absolute Gasteiger partial charge is 0.223 e. The fraction of sp³-hybridized carbons (Fsp3) is 0.619. The molecule has 0 saturated heterocycles. The van der Waals surface area contributed by atoms with Crippen LogP contribution >= 0.6 is 0 Å². The van der Waals surface area contributed by atoms with E-state index in [0.717, 1.165) is 32.1 Å². The van der Waals surface area contributed by atoms with E-state index in [0.29, 0.717) is 23.5 Å². The third kappa shape index (κ3) is 3.88. The summed E-state index contributed by atoms with van der Waals surface area (Å²) in [6.07, 6.45) is 9.11. The number of hydrogen-bond donors (Lipinski definition) is 1. The van der Waals surface area contributed by atoms with Crippen molar-refractivity contribution in [2.24, 2.45) is 17.8 Å². The van der Waals surface area contributed by atoms with E-state index in [-0.39, 0.29) is 29.2 Å². The zero-order valence-corrected chi connectivity index (χ0v) is 15.4. The topological polar surface area (TPSA) is 54.4 Å². The summed E-state index contributed by atoms with van der Waals surface area (Å²) in [7, 11) is 0. The lowest BCUT2D eigenvalue weighted by atomic mass is 9.69. The molecule has 3 heteroatoms. The van der Waals surface area contributed by atoms with Gasteiger partial charge in [-0.2, -0.15) is 0 Å². The van der Waals surface area contributed by atoms with E-state index in [1.165, 1.54) is 11.6 Å². The fourth-order valence-electron chi connectivity index (χ4n) is 3.90. The lowest BCUT2D eigenvalue weighted by Gasteiger charge is -2.34. The van der Waals surface area contributed by atoms with Crippen molar-refractivity contribution in [3.63, 3.8) is 0 Å². The number of aliphatic hydroxyl groups excluding tert-OH is 1. The van der Waals surface area contributed by atoms with Crippen molar-refractivity contribution in [3.8, 4) is 0 Å². The van der Waals surface area contributed by atoms with Gasteiger partial charge >= 0.3 is 0 Å². The van der Waals surface area contributed by atoms with E-state index < -0.39 is 0 Å². The summed E-state index contributed by atoms with van der Waals surface area (Å²) in [5.41, 5.74) is 2.01. The molecule has 0 aromatic rings. The molecule has 24 heavy (non-hydrogen) atoms. The maximum atomic E-state index is 12.7. The summed E-state index contributed by atoms with van der Waals surface area (Å²) >= 11 is 0. The highest BCUT2D eigenvalue weighted by Gasteiger charge is 2.37. The Bertz CT molecular complexity index is 605. The standard InChI is InChI=1S/C21H30O3/c1-5-6-7-8-15-12-18(22)19(21(24)20(15)23)17-11-14(4)9-10-16(17)13(2)3/h11-13,16-17,24H,5-10H2,1-4H3/t16-,17+/m0/s1. The van der Waals surface area contributed by atoms with Gasteiger partial charge in [0.05, 0.1) is 5.57 Å². The fourth-order valence-corrected chi connectivity index (χ4v) is 3.90. The van der Waals surface area contributed by atoms with Crippen LogP contribution in [-0.4, -0.2) is 16.7 Å². The third-order valence-electron chi connectivity index (χ3n) is 5.37. The molecule has 0 bridgehead atoms. The minimum Gasteiger partial charge on any atom is -0.504 e. The first-order valence-electron chi connectivity index (χ1n) is 9.26. The SMILES string of the molecule is CCCCCC1=CC(=O)C([C@@H]2C=C(C)CC[C@H]2C(C)C)=C(O)C1=O. The highest BCUT2D eigenvalue weighted by Crippen LogP contribution is 2.40. The van der Waals surface area contributed by atoms with Crippen LogP contribution in [0.5, 0.6) is 0 Å². The van der Waals surface area contributed by atoms with Crippen LogP contribution in [0.1, 0.15) is 66.2 Å². The molecule has 2 aliphatic rings. The van der Waals surface area contributed by atoms with E-state index in [2.05, 4.69) is 33.8 Å². The zero-order valence-electron chi connectivity index (χ0n) is 15.4. The number of ketones is 2. The average molecular weight is 330 g/mol. The van der Waals surface area contributed by atoms with Gasteiger partial charge in [-0.1, -0.05) is 45.3 Å². The highest BCUT2D eigenvalue weighted by molar-refractivity contribution is 6.22. The van der Waals surface area contributed by atoms with Gasteiger partial charge in [-0.3, -0.25) is 9.59 Å². The van der Waals surface area contributed by atoms with Crippen LogP contribution in [0.15, 0.2) is 34.6 Å². The summed E-state index contributed by atoms with van der Waals surface area (Å²) in [4.78, 5) is 25.2. The van der Waals surface area contributed by atoms with Gasteiger partial charge in [0.15, 0.2) is 11.5 Å². The lowest BCUT2D eigenvalue weighted by Crippen LogP contribution is -2.31. The van der Waals surface area contributed by atoms with Crippen LogP contribution < -0.4 is 0 Å². The van der Waals surface area contributed by atoms with Crippen molar-refractivity contribution in [1.29, 1.82) is 0 Å². The van der Waals surface area contributed by atoms with Gasteiger partial charge in [-0.15, -0.1) is 0 Å². The monoisotopic (exact) mass is 330 g/mol. The summed E-state index contributed by atoms with van der Waals surface area (Å²) in [5.74, 6) is -0.297. The van der Waals surface area contributed by atoms with Gasteiger partial charge in [0, 0.05) is 11.5 Å². The van der Waals surface area contributed by atoms with Crippen LogP contribution in [0.4, 0.5) is 0 Å². The molecular weight excluding hydrogens is 300 g/mol. The largest absolute Gasteiger partial charge is 0.504 e. The number of rotatable bonds is 6. The Morgan fingerprint density at radius 1 is 1.25 bits per heavy atom. The number of allylic oxidation sites excluding steroid dienone is 5. The Morgan fingerprint density at radius 2 is 1.96 bits per heavy atom. The Hall–Kier alpha value is -1.64. The molecule has 2 aliphatic carbocycles. The second-order valence-electron chi connectivity index (χ2n) is 7.57. The predicted molar refractivity (Wildman–Crippen MR) is 96.7 cm³/mol. The Labute approximate surface area is 145 Å². The number of unbranched alkanes of at least 4 members (excludes halogenated alkanes) is 2. The molecule has 1 N–H and O–H groups in total. The highest BCUT2D eigenvalue weighted by atomic mass is 16.3. The molecule has 0 aromatic heterocycles. The van der Waals surface area contributed by atoms with Crippen LogP contribution in [0, 0.1) is 17.8 Å². The lowest BCUT2D eigenvalue weighted by molar-refractivity contribution is -0.118. The molecule has 0 spiro atoms. The van der Waals surface area contributed by atoms with Gasteiger partial charge in [0.2, 0.25) is 5.78 Å². The molecule has 0 saturated carbocycles. The predicted octanol–water partition coefficient (Wildman–Crippen LogP) is 5.09. The minimum atomic E-state index is -0.347. The molecule has 0 radical (unpaired) electrons. The van der Waals surface area contributed by atoms with Crippen LogP contribution in [-0.2, 0) is 9.59 Å². The summed E-state index contributed by atoms with van der Waals surface area (Å²) in [5, 5.41) is 10.5. The minimum absolute atomic E-state index is 0.149. The average Bonchev–Trinajstić information content (AvgIpc) is 2.52. The molecule has 0 aromatic carbocycles. The molecule has 0 aliphatic heterocycles. The summed E-state index contributed by atoms with van der Waals surface area (Å²) in [6, 6.07) is 0. The van der Waals surface area contributed by atoms with Gasteiger partial charge in [-0.05, 0) is 50.5 Å². The van der Waals surface area contributed by atoms with Crippen molar-refractivity contribution < 1.29 is 14.7 Å². The molecular formula is C21H30O3. The number of hydrogen-bond acceptors (Lipinski definition) is 3. The van der Waals surface area contributed by atoms with Gasteiger partial charge < -0.3 is 5.11 Å². The second-order valence-corrected chi connectivity index (χ2v) is 7.57. The number of aliphatic hydroxyl groups is 1. The normalized spacial score (nSPS) is 25.2. The first kappa shape index (κ1) is 18.7. The Morgan fingerprint density at radius 3 is 2.58 bits per heavy atom. The number of carbonyl (C=O) groups is 2. The van der Waals surface area contributed by atoms with Crippen molar-refractivity contribution in [2.75, 3.05) is 0 Å². The van der Waals surface area contributed by atoms with E-state index in [9.17, 15) is 14.7 Å². The first-order chi connectivity index (χ1) is 11.4. The Balaban J connectivity index is 2.31. The van der Waals surface area contributed by atoms with E-state index in [1.54, 1.807) is 0 Å². The zero-order chi connectivity index (χ0) is 17.9. The molecule has 2 rings (SSSR count). The molecule has 132 valence electrons. The van der Waals surface area contributed by atoms with Crippen molar-refractivity contribution >= 4 is 11.6 Å². The van der Waals surface area contributed by atoms with Gasteiger partial charge in [-0.25, -0.2) is 0 Å². The third-order valence-corrected chi connectivity index (χ3v) is 5.37. The van der Waals surface area contributed by atoms with E-state index >= 15 is 0 Å². The molecule has 0 unspecified atom stereocenters. The molecule has 3 nitrogen and oxygen atoms in total. The number of carbonyl (C=O) groups excluding carboxylic acids is 2. The summed E-state index contributed by atoms with van der Waals surface area (Å²) < 4.78 is 0. The molecule has 2 atom stereocenters. The van der Waals surface area contributed by atoms with E-state index in [4.69, 9.17) is 0 Å². The van der Waals surface area contributed by atoms with Gasteiger partial charge in [0.25, 0.3) is 0 Å². The van der Waals surface area contributed by atoms with Crippen molar-refractivity contribution in [3.05, 3.63) is 34.6 Å². The molecule has 0 amide bonds. The van der Waals surface area contributed by atoms with Crippen molar-refractivity contribution in [1.82, 2.24) is 0 Å². The van der Waals surface area contributed by atoms with E-state index in [1.807, 2.05) is 0 Å². The Kier molecular flexibility index (Phi) is 6.20. The second kappa shape index (κ2) is 7.96. The van der Waals surface area contributed by atoms with Crippen LogP contribution in [0.2, 0.25) is 0 Å². The molecule has 0 fully saturated rings. The molecule has 0 heterocycles. The maximum absolute atomic E-state index is 12.7. The first-order valence-corrected chi connectivity index (χ1v) is 9.26. The number of Topliss-reactive ketones (excluding diaryl/α,β-unsaturated/α-hetero) is 1. The summed E-state index contributed by atoms with van der Waals surface area (Å²) in [6.45, 7) is 8.44. The maximum Gasteiger partial charge on any atom is 0.223 e. The van der Waals surface area contributed by atoms with Crippen molar-refractivity contribution in [2.45, 2.75) is 66.2 Å². The van der Waals surface area contributed by atoms with Crippen LogP contribution in [0.25, 0.3) is 0 Å².